The molecular weight excluding hydrogens is 437 g/mol. The molecule has 0 saturated heterocycles. The van der Waals surface area contributed by atoms with E-state index in [4.69, 9.17) is 23.2 Å². The van der Waals surface area contributed by atoms with Crippen molar-refractivity contribution in [3.8, 4) is 0 Å². The maximum atomic E-state index is 12.7. The van der Waals surface area contributed by atoms with E-state index in [0.29, 0.717) is 17.0 Å². The highest BCUT2D eigenvalue weighted by molar-refractivity contribution is 7.89. The molecule has 3 nitrogen and oxygen atoms in total. The van der Waals surface area contributed by atoms with Gasteiger partial charge < -0.3 is 0 Å². The van der Waals surface area contributed by atoms with Crippen LogP contribution in [-0.4, -0.2) is 15.0 Å². The molecule has 0 spiro atoms. The molecule has 6 heteroatoms. The van der Waals surface area contributed by atoms with Crippen molar-refractivity contribution in [1.82, 2.24) is 4.72 Å². The number of rotatable bonds is 15. The van der Waals surface area contributed by atoms with Crippen LogP contribution in [0.4, 0.5) is 0 Å². The van der Waals surface area contributed by atoms with Crippen LogP contribution in [0.1, 0.15) is 84.0 Å². The van der Waals surface area contributed by atoms with Crippen LogP contribution in [0.15, 0.2) is 35.2 Å². The van der Waals surface area contributed by atoms with Crippen molar-refractivity contribution < 1.29 is 8.42 Å². The third kappa shape index (κ3) is 8.03. The van der Waals surface area contributed by atoms with Crippen molar-refractivity contribution in [2.45, 2.75) is 88.9 Å². The Kier molecular flexibility index (Phi) is 11.5. The summed E-state index contributed by atoms with van der Waals surface area (Å²) in [5.41, 5.74) is 0. The van der Waals surface area contributed by atoms with Gasteiger partial charge in [0, 0.05) is 22.3 Å². The Bertz CT molecular complexity index is 884. The maximum absolute atomic E-state index is 12.7. The summed E-state index contributed by atoms with van der Waals surface area (Å²) >= 11 is 12.7. The first-order chi connectivity index (χ1) is 14.5. The molecule has 0 unspecified atom stereocenters. The fraction of sp³-hybridized carbons (Fsp3) is 0.583. The van der Waals surface area contributed by atoms with Crippen LogP contribution < -0.4 is 4.72 Å². The largest absolute Gasteiger partial charge is 0.242 e. The van der Waals surface area contributed by atoms with E-state index in [1.165, 1.54) is 63.9 Å². The van der Waals surface area contributed by atoms with Crippen LogP contribution in [0.2, 0.25) is 10.0 Å². The predicted octanol–water partition coefficient (Wildman–Crippen LogP) is 8.13. The SMILES string of the molecule is CCCCCCCCCCCCCCNS(=O)(=O)c1cc(Cl)c2ccccc2c1Cl. The molecule has 0 radical (unpaired) electrons. The Hall–Kier alpha value is -0.810. The fourth-order valence-corrected chi connectivity index (χ4v) is 5.77. The molecule has 0 aliphatic rings. The topological polar surface area (TPSA) is 46.2 Å². The molecular formula is C24H35Cl2NO2S. The molecule has 2 rings (SSSR count). The van der Waals surface area contributed by atoms with Crippen LogP contribution in [-0.2, 0) is 10.0 Å². The van der Waals surface area contributed by atoms with E-state index in [9.17, 15) is 8.42 Å². The number of halogens is 2. The Labute approximate surface area is 192 Å². The van der Waals surface area contributed by atoms with Crippen molar-refractivity contribution >= 4 is 44.0 Å². The fourth-order valence-electron chi connectivity index (χ4n) is 3.72. The molecule has 0 amide bonds. The lowest BCUT2D eigenvalue weighted by Gasteiger charge is -2.11. The second-order valence-corrected chi connectivity index (χ2v) is 10.5. The summed E-state index contributed by atoms with van der Waals surface area (Å²) in [4.78, 5) is 0.0480. The second kappa shape index (κ2) is 13.6. The summed E-state index contributed by atoms with van der Waals surface area (Å²) in [7, 11) is -3.69. The van der Waals surface area contributed by atoms with Crippen LogP contribution >= 0.6 is 23.2 Å². The zero-order valence-corrected chi connectivity index (χ0v) is 20.4. The van der Waals surface area contributed by atoms with Gasteiger partial charge in [-0.2, -0.15) is 0 Å². The Morgan fingerprint density at radius 3 is 1.83 bits per heavy atom. The smallest absolute Gasteiger partial charge is 0.211 e. The highest BCUT2D eigenvalue weighted by atomic mass is 35.5. The number of nitrogens with one attached hydrogen (secondary N) is 1. The van der Waals surface area contributed by atoms with Crippen LogP contribution in [0.3, 0.4) is 0 Å². The zero-order chi connectivity index (χ0) is 21.8. The van der Waals surface area contributed by atoms with Gasteiger partial charge in [0.05, 0.1) is 5.02 Å². The van der Waals surface area contributed by atoms with Crippen LogP contribution in [0.25, 0.3) is 10.8 Å². The first kappa shape index (κ1) is 25.5. The second-order valence-electron chi connectivity index (χ2n) is 8.00. The van der Waals surface area contributed by atoms with Gasteiger partial charge in [-0.05, 0) is 12.5 Å². The summed E-state index contributed by atoms with van der Waals surface area (Å²) in [5, 5.41) is 2.01. The minimum absolute atomic E-state index is 0.0480. The van der Waals surface area contributed by atoms with Gasteiger partial charge in [-0.25, -0.2) is 13.1 Å². The molecule has 0 aromatic heterocycles. The number of benzene rings is 2. The van der Waals surface area contributed by atoms with E-state index in [0.717, 1.165) is 24.6 Å². The van der Waals surface area contributed by atoms with E-state index in [-0.39, 0.29) is 9.92 Å². The molecule has 0 aliphatic heterocycles. The van der Waals surface area contributed by atoms with E-state index in [1.807, 2.05) is 18.2 Å². The molecule has 0 atom stereocenters. The minimum atomic E-state index is -3.69. The highest BCUT2D eigenvalue weighted by Gasteiger charge is 2.20. The standard InChI is InChI=1S/C24H35Cl2NO2S/c1-2-3-4-5-6-7-8-9-10-11-12-15-18-27-30(28,29)23-19-22(25)20-16-13-14-17-21(20)24(23)26/h13-14,16-17,19,27H,2-12,15,18H2,1H3. The van der Waals surface area contributed by atoms with Gasteiger partial charge in [0.25, 0.3) is 0 Å². The third-order valence-corrected chi connectivity index (χ3v) is 7.82. The van der Waals surface area contributed by atoms with Gasteiger partial charge in [0.15, 0.2) is 0 Å². The van der Waals surface area contributed by atoms with Crippen LogP contribution in [0, 0.1) is 0 Å². The van der Waals surface area contributed by atoms with Crippen molar-refractivity contribution in [3.05, 3.63) is 40.4 Å². The maximum Gasteiger partial charge on any atom is 0.242 e. The van der Waals surface area contributed by atoms with Gasteiger partial charge in [0.1, 0.15) is 4.90 Å². The average Bonchev–Trinajstić information content (AvgIpc) is 2.74. The monoisotopic (exact) mass is 471 g/mol. The van der Waals surface area contributed by atoms with Gasteiger partial charge in [-0.15, -0.1) is 0 Å². The summed E-state index contributed by atoms with van der Waals surface area (Å²) < 4.78 is 28.1. The van der Waals surface area contributed by atoms with Crippen molar-refractivity contribution in [3.63, 3.8) is 0 Å². The summed E-state index contributed by atoms with van der Waals surface area (Å²) in [6, 6.07) is 8.73. The van der Waals surface area contributed by atoms with E-state index in [2.05, 4.69) is 11.6 Å². The van der Waals surface area contributed by atoms with Gasteiger partial charge in [-0.3, -0.25) is 0 Å². The normalized spacial score (nSPS) is 12.0. The molecule has 30 heavy (non-hydrogen) atoms. The number of hydrogen-bond acceptors (Lipinski definition) is 2. The Morgan fingerprint density at radius 2 is 1.27 bits per heavy atom. The quantitative estimate of drug-likeness (QED) is 0.266. The Balaban J connectivity index is 1.67. The van der Waals surface area contributed by atoms with Gasteiger partial charge in [-0.1, -0.05) is 125 Å². The van der Waals surface area contributed by atoms with Crippen molar-refractivity contribution in [2.24, 2.45) is 0 Å². The molecule has 0 heterocycles. The lowest BCUT2D eigenvalue weighted by atomic mass is 10.1. The van der Waals surface area contributed by atoms with Crippen LogP contribution in [0.5, 0.6) is 0 Å². The summed E-state index contributed by atoms with van der Waals surface area (Å²) in [5.74, 6) is 0. The minimum Gasteiger partial charge on any atom is -0.211 e. The van der Waals surface area contributed by atoms with E-state index < -0.39 is 10.0 Å². The lowest BCUT2D eigenvalue weighted by Crippen LogP contribution is -2.25. The molecule has 2 aromatic rings. The summed E-state index contributed by atoms with van der Waals surface area (Å²) in [6.07, 6.45) is 15.0. The molecule has 1 N–H and O–H groups in total. The molecule has 0 aliphatic carbocycles. The van der Waals surface area contributed by atoms with Gasteiger partial charge >= 0.3 is 0 Å². The third-order valence-electron chi connectivity index (χ3n) is 5.51. The molecule has 0 fully saturated rings. The first-order valence-corrected chi connectivity index (χ1v) is 13.6. The van der Waals surface area contributed by atoms with E-state index >= 15 is 0 Å². The van der Waals surface area contributed by atoms with E-state index in [1.54, 1.807) is 6.07 Å². The molecule has 0 saturated carbocycles. The number of sulfonamides is 1. The zero-order valence-electron chi connectivity index (χ0n) is 18.1. The number of unbranched alkanes of at least 4 members (excludes halogenated alkanes) is 11. The first-order valence-electron chi connectivity index (χ1n) is 11.3. The summed E-state index contributed by atoms with van der Waals surface area (Å²) in [6.45, 7) is 2.67. The van der Waals surface area contributed by atoms with Gasteiger partial charge in [0.2, 0.25) is 10.0 Å². The molecule has 168 valence electrons. The Morgan fingerprint density at radius 1 is 0.767 bits per heavy atom. The number of fused-ring (bicyclic) bond motifs is 1. The highest BCUT2D eigenvalue weighted by Crippen LogP contribution is 2.35. The predicted molar refractivity (Wildman–Crippen MR) is 130 cm³/mol. The molecule has 0 bridgehead atoms. The number of hydrogen-bond donors (Lipinski definition) is 1. The van der Waals surface area contributed by atoms with Crippen molar-refractivity contribution in [1.29, 1.82) is 0 Å². The lowest BCUT2D eigenvalue weighted by molar-refractivity contribution is 0.540. The average molecular weight is 473 g/mol. The molecule has 2 aromatic carbocycles. The van der Waals surface area contributed by atoms with Crippen molar-refractivity contribution in [2.75, 3.05) is 6.54 Å².